The summed E-state index contributed by atoms with van der Waals surface area (Å²) in [5.74, 6) is 0.700. The Kier molecular flexibility index (Phi) is 7.55. The number of amides is 1. The first-order valence-electron chi connectivity index (χ1n) is 9.43. The van der Waals surface area contributed by atoms with Crippen LogP contribution in [0.2, 0.25) is 0 Å². The molecule has 1 aliphatic heterocycles. The number of carbonyl (C=O) groups is 1. The van der Waals surface area contributed by atoms with Gasteiger partial charge in [0.1, 0.15) is 0 Å². The van der Waals surface area contributed by atoms with Crippen molar-refractivity contribution < 1.29 is 4.79 Å². The van der Waals surface area contributed by atoms with Crippen LogP contribution in [-0.2, 0) is 11.3 Å². The van der Waals surface area contributed by atoms with Gasteiger partial charge < -0.3 is 4.90 Å². The highest BCUT2D eigenvalue weighted by Gasteiger charge is 2.19. The molecule has 0 N–H and O–H groups in total. The lowest BCUT2D eigenvalue weighted by Gasteiger charge is -2.22. The lowest BCUT2D eigenvalue weighted by Crippen LogP contribution is -2.36. The highest BCUT2D eigenvalue weighted by Crippen LogP contribution is 2.25. The fraction of sp³-hybridized carbons (Fsp3) is 0.364. The molecule has 2 aromatic rings. The minimum Gasteiger partial charge on any atom is -0.341 e. The van der Waals surface area contributed by atoms with Crippen LogP contribution in [0.5, 0.6) is 0 Å². The van der Waals surface area contributed by atoms with E-state index in [2.05, 4.69) is 46.0 Å². The molecule has 0 bridgehead atoms. The standard InChI is InChI=1S/C22H24BrN3OS/c1-17-13-20(23)7-8-21(17)28-16-22(27)26-10-2-9-25(11-12-26)15-19-5-3-18(14-24)4-6-19/h3-8,13H,2,9-12,15-16H2,1H3. The number of carbonyl (C=O) groups excluding carboxylic acids is 1. The van der Waals surface area contributed by atoms with E-state index in [0.717, 1.165) is 48.5 Å². The molecule has 0 aromatic heterocycles. The quantitative estimate of drug-likeness (QED) is 0.621. The molecule has 6 heteroatoms. The van der Waals surface area contributed by atoms with E-state index in [-0.39, 0.29) is 5.91 Å². The van der Waals surface area contributed by atoms with Gasteiger partial charge in [-0.15, -0.1) is 11.8 Å². The Labute approximate surface area is 179 Å². The van der Waals surface area contributed by atoms with Gasteiger partial charge in [0.15, 0.2) is 0 Å². The largest absolute Gasteiger partial charge is 0.341 e. The average Bonchev–Trinajstić information content (AvgIpc) is 2.93. The second-order valence-electron chi connectivity index (χ2n) is 7.02. The normalized spacial score (nSPS) is 15.1. The molecular formula is C22H24BrN3OS. The lowest BCUT2D eigenvalue weighted by molar-refractivity contribution is -0.128. The molecule has 0 saturated carbocycles. The van der Waals surface area contributed by atoms with Crippen LogP contribution in [0.15, 0.2) is 51.8 Å². The molecule has 0 atom stereocenters. The Bertz CT molecular complexity index is 863. The Balaban J connectivity index is 1.49. The second kappa shape index (κ2) is 10.1. The van der Waals surface area contributed by atoms with Crippen molar-refractivity contribution in [2.75, 3.05) is 31.9 Å². The summed E-state index contributed by atoms with van der Waals surface area (Å²) in [6.07, 6.45) is 0.990. The molecule has 1 fully saturated rings. The van der Waals surface area contributed by atoms with Gasteiger partial charge in [0.05, 0.1) is 17.4 Å². The van der Waals surface area contributed by atoms with E-state index in [9.17, 15) is 4.79 Å². The predicted octanol–water partition coefficient (Wildman–Crippen LogP) is 4.46. The number of thioether (sulfide) groups is 1. The van der Waals surface area contributed by atoms with E-state index >= 15 is 0 Å². The lowest BCUT2D eigenvalue weighted by atomic mass is 10.1. The monoisotopic (exact) mass is 457 g/mol. The molecule has 4 nitrogen and oxygen atoms in total. The van der Waals surface area contributed by atoms with Gasteiger partial charge in [-0.1, -0.05) is 28.1 Å². The number of benzene rings is 2. The van der Waals surface area contributed by atoms with Gasteiger partial charge in [-0.2, -0.15) is 5.26 Å². The number of nitrogens with zero attached hydrogens (tertiary/aromatic N) is 3. The Morgan fingerprint density at radius 1 is 1.14 bits per heavy atom. The van der Waals surface area contributed by atoms with E-state index in [1.54, 1.807) is 11.8 Å². The molecule has 0 aliphatic carbocycles. The summed E-state index contributed by atoms with van der Waals surface area (Å²) in [7, 11) is 0. The summed E-state index contributed by atoms with van der Waals surface area (Å²) in [4.78, 5) is 18.2. The average molecular weight is 458 g/mol. The zero-order chi connectivity index (χ0) is 19.9. The molecule has 0 radical (unpaired) electrons. The smallest absolute Gasteiger partial charge is 0.232 e. The molecule has 0 spiro atoms. The highest BCUT2D eigenvalue weighted by atomic mass is 79.9. The van der Waals surface area contributed by atoms with Crippen LogP contribution in [0.4, 0.5) is 0 Å². The van der Waals surface area contributed by atoms with Gasteiger partial charge in [0.2, 0.25) is 5.91 Å². The van der Waals surface area contributed by atoms with Gasteiger partial charge in [-0.3, -0.25) is 9.69 Å². The van der Waals surface area contributed by atoms with Crippen LogP contribution < -0.4 is 0 Å². The van der Waals surface area contributed by atoms with Crippen molar-refractivity contribution in [1.29, 1.82) is 5.26 Å². The first-order chi connectivity index (χ1) is 13.5. The molecule has 28 heavy (non-hydrogen) atoms. The predicted molar refractivity (Wildman–Crippen MR) is 117 cm³/mol. The van der Waals surface area contributed by atoms with E-state index in [0.29, 0.717) is 11.3 Å². The number of hydrogen-bond acceptors (Lipinski definition) is 4. The van der Waals surface area contributed by atoms with Crippen LogP contribution >= 0.6 is 27.7 Å². The van der Waals surface area contributed by atoms with Crippen molar-refractivity contribution in [2.45, 2.75) is 24.8 Å². The van der Waals surface area contributed by atoms with Gasteiger partial charge in [0.25, 0.3) is 0 Å². The maximum atomic E-state index is 12.7. The number of halogens is 1. The van der Waals surface area contributed by atoms with E-state index in [1.807, 2.05) is 35.2 Å². The van der Waals surface area contributed by atoms with Gasteiger partial charge >= 0.3 is 0 Å². The summed E-state index contributed by atoms with van der Waals surface area (Å²) in [5.41, 5.74) is 3.09. The maximum Gasteiger partial charge on any atom is 0.232 e. The van der Waals surface area contributed by atoms with Crippen LogP contribution in [0.25, 0.3) is 0 Å². The first-order valence-corrected chi connectivity index (χ1v) is 11.2. The molecule has 2 aromatic carbocycles. The minimum absolute atomic E-state index is 0.215. The van der Waals surface area contributed by atoms with E-state index in [4.69, 9.17) is 5.26 Å². The molecule has 3 rings (SSSR count). The van der Waals surface area contributed by atoms with Crippen LogP contribution in [0, 0.1) is 18.3 Å². The summed E-state index contributed by atoms with van der Waals surface area (Å²) in [5, 5.41) is 8.91. The Morgan fingerprint density at radius 3 is 2.64 bits per heavy atom. The number of rotatable bonds is 5. The molecule has 1 aliphatic rings. The molecule has 1 saturated heterocycles. The number of nitriles is 1. The number of aryl methyl sites for hydroxylation is 1. The minimum atomic E-state index is 0.215. The van der Waals surface area contributed by atoms with Crippen LogP contribution in [0.1, 0.15) is 23.1 Å². The van der Waals surface area contributed by atoms with Crippen molar-refractivity contribution in [2.24, 2.45) is 0 Å². The third-order valence-corrected chi connectivity index (χ3v) is 6.57. The van der Waals surface area contributed by atoms with Crippen molar-refractivity contribution in [1.82, 2.24) is 9.80 Å². The third-order valence-electron chi connectivity index (χ3n) is 4.92. The Morgan fingerprint density at radius 2 is 1.93 bits per heavy atom. The van der Waals surface area contributed by atoms with E-state index < -0.39 is 0 Å². The van der Waals surface area contributed by atoms with Crippen LogP contribution in [-0.4, -0.2) is 47.6 Å². The highest BCUT2D eigenvalue weighted by molar-refractivity contribution is 9.10. The number of hydrogen-bond donors (Lipinski definition) is 0. The van der Waals surface area contributed by atoms with Crippen molar-refractivity contribution >= 4 is 33.6 Å². The van der Waals surface area contributed by atoms with E-state index in [1.165, 1.54) is 11.1 Å². The summed E-state index contributed by atoms with van der Waals surface area (Å²) in [6.45, 7) is 6.40. The van der Waals surface area contributed by atoms with Gasteiger partial charge in [-0.05, 0) is 54.8 Å². The molecule has 0 unspecified atom stereocenters. The second-order valence-corrected chi connectivity index (χ2v) is 8.95. The summed E-state index contributed by atoms with van der Waals surface area (Å²) < 4.78 is 1.07. The molecule has 146 valence electrons. The Hall–Kier alpha value is -1.81. The molecule has 1 heterocycles. The SMILES string of the molecule is Cc1cc(Br)ccc1SCC(=O)N1CCCN(Cc2ccc(C#N)cc2)CC1. The summed E-state index contributed by atoms with van der Waals surface area (Å²) >= 11 is 5.10. The third kappa shape index (κ3) is 5.84. The summed E-state index contributed by atoms with van der Waals surface area (Å²) in [6, 6.07) is 16.1. The van der Waals surface area contributed by atoms with Gasteiger partial charge in [-0.25, -0.2) is 0 Å². The van der Waals surface area contributed by atoms with Crippen LogP contribution in [0.3, 0.4) is 0 Å². The van der Waals surface area contributed by atoms with Crippen molar-refractivity contribution in [3.8, 4) is 6.07 Å². The van der Waals surface area contributed by atoms with Gasteiger partial charge in [0, 0.05) is 42.1 Å². The topological polar surface area (TPSA) is 47.3 Å². The maximum absolute atomic E-state index is 12.7. The zero-order valence-electron chi connectivity index (χ0n) is 16.0. The first kappa shape index (κ1) is 20.9. The van der Waals surface area contributed by atoms with Crippen molar-refractivity contribution in [3.63, 3.8) is 0 Å². The molecule has 1 amide bonds. The van der Waals surface area contributed by atoms with Crippen molar-refractivity contribution in [3.05, 3.63) is 63.6 Å². The fourth-order valence-electron chi connectivity index (χ4n) is 3.33. The fourth-order valence-corrected chi connectivity index (χ4v) is 4.71. The molecular weight excluding hydrogens is 434 g/mol. The zero-order valence-corrected chi connectivity index (χ0v) is 18.4.